The number of sulfonamides is 1. The zero-order valence-electron chi connectivity index (χ0n) is 12.2. The van der Waals surface area contributed by atoms with E-state index in [1.165, 1.54) is 10.4 Å². The zero-order valence-corrected chi connectivity index (χ0v) is 13.0. The van der Waals surface area contributed by atoms with Crippen LogP contribution in [0.15, 0.2) is 21.6 Å². The molecule has 0 radical (unpaired) electrons. The number of morpholine rings is 1. The van der Waals surface area contributed by atoms with Crippen molar-refractivity contribution >= 4 is 10.0 Å². The Hall–Kier alpha value is -0.890. The third-order valence-corrected chi connectivity index (χ3v) is 5.28. The molecule has 0 aromatic carbocycles. The van der Waals surface area contributed by atoms with Crippen LogP contribution in [0.2, 0.25) is 0 Å². The highest BCUT2D eigenvalue weighted by atomic mass is 32.2. The van der Waals surface area contributed by atoms with Crippen molar-refractivity contribution in [3.05, 3.63) is 17.9 Å². The number of furan rings is 1. The average Bonchev–Trinajstić information content (AvgIpc) is 2.85. The number of hydrogen-bond donors (Lipinski definition) is 1. The van der Waals surface area contributed by atoms with Crippen LogP contribution in [0.1, 0.15) is 26.5 Å². The first kappa shape index (κ1) is 15.5. The minimum absolute atomic E-state index is 0.000350. The average molecular weight is 302 g/mol. The lowest BCUT2D eigenvalue weighted by molar-refractivity contribution is -0.00833. The SMILES string of the molecule is CCNCc1ccc(S(=O)(=O)N2CCOCC2(C)C)o1. The molecule has 0 saturated carbocycles. The van der Waals surface area contributed by atoms with Crippen LogP contribution < -0.4 is 5.32 Å². The van der Waals surface area contributed by atoms with Crippen molar-refractivity contribution in [1.29, 1.82) is 0 Å². The van der Waals surface area contributed by atoms with Crippen LogP contribution in [0, 0.1) is 0 Å². The predicted octanol–water partition coefficient (Wildman–Crippen LogP) is 1.19. The van der Waals surface area contributed by atoms with Gasteiger partial charge in [-0.3, -0.25) is 0 Å². The minimum atomic E-state index is -3.61. The summed E-state index contributed by atoms with van der Waals surface area (Å²) in [6.45, 7) is 8.16. The standard InChI is InChI=1S/C13H22N2O4S/c1-4-14-9-11-5-6-12(19-11)20(16,17)15-7-8-18-10-13(15,2)3/h5-6,14H,4,7-10H2,1-3H3. The van der Waals surface area contributed by atoms with Crippen molar-refractivity contribution < 1.29 is 17.6 Å². The third-order valence-electron chi connectivity index (χ3n) is 3.30. The predicted molar refractivity (Wildman–Crippen MR) is 74.9 cm³/mol. The van der Waals surface area contributed by atoms with Crippen molar-refractivity contribution in [1.82, 2.24) is 9.62 Å². The topological polar surface area (TPSA) is 71.8 Å². The van der Waals surface area contributed by atoms with Gasteiger partial charge in [0.25, 0.3) is 10.0 Å². The summed E-state index contributed by atoms with van der Waals surface area (Å²) in [5.41, 5.74) is -0.564. The van der Waals surface area contributed by atoms with Gasteiger partial charge in [0, 0.05) is 6.54 Å². The van der Waals surface area contributed by atoms with E-state index in [1.54, 1.807) is 6.07 Å². The van der Waals surface area contributed by atoms with E-state index in [1.807, 2.05) is 20.8 Å². The van der Waals surface area contributed by atoms with Crippen LogP contribution >= 0.6 is 0 Å². The summed E-state index contributed by atoms with van der Waals surface area (Å²) in [4.78, 5) is 0. The molecule has 0 aliphatic carbocycles. The van der Waals surface area contributed by atoms with Crippen molar-refractivity contribution in [2.45, 2.75) is 37.9 Å². The van der Waals surface area contributed by atoms with Gasteiger partial charge in [0.15, 0.2) is 0 Å². The maximum absolute atomic E-state index is 12.6. The summed E-state index contributed by atoms with van der Waals surface area (Å²) in [6.07, 6.45) is 0. The van der Waals surface area contributed by atoms with Gasteiger partial charge < -0.3 is 14.5 Å². The molecule has 1 saturated heterocycles. The van der Waals surface area contributed by atoms with Crippen LogP contribution in [-0.2, 0) is 21.3 Å². The van der Waals surface area contributed by atoms with E-state index in [-0.39, 0.29) is 5.09 Å². The van der Waals surface area contributed by atoms with Gasteiger partial charge in [0.1, 0.15) is 5.76 Å². The molecule has 114 valence electrons. The summed E-state index contributed by atoms with van der Waals surface area (Å²) in [5.74, 6) is 0.622. The molecule has 0 atom stereocenters. The molecular weight excluding hydrogens is 280 g/mol. The van der Waals surface area contributed by atoms with Crippen LogP contribution in [0.25, 0.3) is 0 Å². The molecule has 0 bridgehead atoms. The summed E-state index contributed by atoms with van der Waals surface area (Å²) in [5, 5.41) is 3.10. The highest BCUT2D eigenvalue weighted by Crippen LogP contribution is 2.28. The van der Waals surface area contributed by atoms with Crippen LogP contribution in [0.3, 0.4) is 0 Å². The lowest BCUT2D eigenvalue weighted by atomic mass is 10.1. The van der Waals surface area contributed by atoms with Crippen molar-refractivity contribution in [2.24, 2.45) is 0 Å². The Kier molecular flexibility index (Phi) is 4.53. The first-order valence-electron chi connectivity index (χ1n) is 6.78. The van der Waals surface area contributed by atoms with Crippen LogP contribution in [-0.4, -0.2) is 44.6 Å². The Labute approximate surface area is 120 Å². The van der Waals surface area contributed by atoms with Gasteiger partial charge in [-0.1, -0.05) is 6.92 Å². The lowest BCUT2D eigenvalue weighted by Crippen LogP contribution is -2.55. The summed E-state index contributed by atoms with van der Waals surface area (Å²) >= 11 is 0. The quantitative estimate of drug-likeness (QED) is 0.884. The molecule has 1 aliphatic heterocycles. The molecule has 20 heavy (non-hydrogen) atoms. The van der Waals surface area contributed by atoms with Crippen molar-refractivity contribution in [3.63, 3.8) is 0 Å². The van der Waals surface area contributed by atoms with Crippen molar-refractivity contribution in [3.8, 4) is 0 Å². The van der Waals surface area contributed by atoms with Gasteiger partial charge >= 0.3 is 0 Å². The number of nitrogens with one attached hydrogen (secondary N) is 1. The Morgan fingerprint density at radius 2 is 2.15 bits per heavy atom. The first-order valence-corrected chi connectivity index (χ1v) is 8.22. The number of ether oxygens (including phenoxy) is 1. The highest BCUT2D eigenvalue weighted by molar-refractivity contribution is 7.89. The number of hydrogen-bond acceptors (Lipinski definition) is 5. The molecule has 2 rings (SSSR count). The fourth-order valence-electron chi connectivity index (χ4n) is 2.24. The molecule has 1 aromatic heterocycles. The van der Waals surface area contributed by atoms with Gasteiger partial charge in [0.2, 0.25) is 5.09 Å². The molecule has 0 unspecified atom stereocenters. The largest absolute Gasteiger partial charge is 0.447 e. The Morgan fingerprint density at radius 1 is 1.40 bits per heavy atom. The minimum Gasteiger partial charge on any atom is -0.447 e. The summed E-state index contributed by atoms with van der Waals surface area (Å²) < 4.78 is 37.6. The number of rotatable bonds is 5. The van der Waals surface area contributed by atoms with Crippen LogP contribution in [0.4, 0.5) is 0 Å². The molecule has 1 fully saturated rings. The fourth-order valence-corrected chi connectivity index (χ4v) is 3.93. The molecule has 6 nitrogen and oxygen atoms in total. The maximum atomic E-state index is 12.6. The first-order chi connectivity index (χ1) is 9.38. The van der Waals surface area contributed by atoms with Gasteiger partial charge in [-0.25, -0.2) is 8.42 Å². The van der Waals surface area contributed by atoms with E-state index in [2.05, 4.69) is 5.32 Å². The Morgan fingerprint density at radius 3 is 2.80 bits per heavy atom. The monoisotopic (exact) mass is 302 g/mol. The van der Waals surface area contributed by atoms with Crippen LogP contribution in [0.5, 0.6) is 0 Å². The van der Waals surface area contributed by atoms with Crippen molar-refractivity contribution in [2.75, 3.05) is 26.3 Å². The van der Waals surface area contributed by atoms with E-state index in [4.69, 9.17) is 9.15 Å². The zero-order chi connectivity index (χ0) is 14.8. The number of nitrogens with zero attached hydrogens (tertiary/aromatic N) is 1. The molecular formula is C13H22N2O4S. The summed E-state index contributed by atoms with van der Waals surface area (Å²) in [7, 11) is -3.61. The molecule has 0 spiro atoms. The van der Waals surface area contributed by atoms with Gasteiger partial charge in [0.05, 0.1) is 25.3 Å². The second-order valence-electron chi connectivity index (χ2n) is 5.44. The van der Waals surface area contributed by atoms with E-state index in [0.717, 1.165) is 6.54 Å². The second-order valence-corrected chi connectivity index (χ2v) is 7.24. The Balaban J connectivity index is 2.23. The molecule has 1 N–H and O–H groups in total. The highest BCUT2D eigenvalue weighted by Gasteiger charge is 2.41. The van der Waals surface area contributed by atoms with E-state index >= 15 is 0 Å². The van der Waals surface area contributed by atoms with Gasteiger partial charge in [-0.2, -0.15) is 4.31 Å². The second kappa shape index (κ2) is 5.85. The smallest absolute Gasteiger partial charge is 0.277 e. The van der Waals surface area contributed by atoms with E-state index < -0.39 is 15.6 Å². The molecule has 1 aliphatic rings. The lowest BCUT2D eigenvalue weighted by Gasteiger charge is -2.40. The normalized spacial score (nSPS) is 20.1. The van der Waals surface area contributed by atoms with E-state index in [0.29, 0.717) is 32.1 Å². The van der Waals surface area contributed by atoms with Gasteiger partial charge in [-0.05, 0) is 32.5 Å². The molecule has 2 heterocycles. The summed E-state index contributed by atoms with van der Waals surface area (Å²) in [6, 6.07) is 3.22. The Bertz CT molecular complexity index is 550. The molecule has 0 amide bonds. The molecule has 7 heteroatoms. The van der Waals surface area contributed by atoms with E-state index in [9.17, 15) is 8.42 Å². The maximum Gasteiger partial charge on any atom is 0.277 e. The third kappa shape index (κ3) is 3.06. The van der Waals surface area contributed by atoms with Gasteiger partial charge in [-0.15, -0.1) is 0 Å². The fraction of sp³-hybridized carbons (Fsp3) is 0.692. The molecule has 1 aromatic rings.